The van der Waals surface area contributed by atoms with E-state index < -0.39 is 0 Å². The molecular formula is C20H34N6O. The number of rotatable bonds is 7. The number of nitrogens with zero attached hydrogens (tertiary/aromatic N) is 5. The molecule has 0 aliphatic rings. The average molecular weight is 375 g/mol. The molecule has 0 aromatic carbocycles. The second kappa shape index (κ2) is 9.06. The Bertz CT molecular complexity index is 754. The summed E-state index contributed by atoms with van der Waals surface area (Å²) in [6, 6.07) is 0. The molecule has 0 aliphatic carbocycles. The van der Waals surface area contributed by atoms with Crippen molar-refractivity contribution in [2.24, 2.45) is 12.0 Å². The number of aromatic nitrogens is 3. The monoisotopic (exact) mass is 374 g/mol. The van der Waals surface area contributed by atoms with Crippen molar-refractivity contribution >= 4 is 5.96 Å². The van der Waals surface area contributed by atoms with E-state index in [9.17, 15) is 0 Å². The van der Waals surface area contributed by atoms with Gasteiger partial charge in [-0.1, -0.05) is 25.9 Å². The van der Waals surface area contributed by atoms with Crippen LogP contribution in [0.1, 0.15) is 67.8 Å². The summed E-state index contributed by atoms with van der Waals surface area (Å²) in [5, 5.41) is 12.1. The van der Waals surface area contributed by atoms with Crippen LogP contribution >= 0.6 is 0 Å². The summed E-state index contributed by atoms with van der Waals surface area (Å²) in [7, 11) is 4.04. The zero-order chi connectivity index (χ0) is 20.1. The van der Waals surface area contributed by atoms with Crippen LogP contribution in [0.4, 0.5) is 0 Å². The SMILES string of the molecule is CCNC(=NCC(C)c1c(C)noc1C)N(C)Cc1cn(C)nc1C(C)C. The maximum atomic E-state index is 5.30. The first-order chi connectivity index (χ1) is 12.7. The summed E-state index contributed by atoms with van der Waals surface area (Å²) in [4.78, 5) is 7.02. The number of hydrogen-bond acceptors (Lipinski definition) is 4. The van der Waals surface area contributed by atoms with Crippen molar-refractivity contribution in [3.63, 3.8) is 0 Å². The Morgan fingerprint density at radius 3 is 2.59 bits per heavy atom. The molecule has 0 spiro atoms. The van der Waals surface area contributed by atoms with E-state index in [0.29, 0.717) is 12.5 Å². The highest BCUT2D eigenvalue weighted by Gasteiger charge is 2.18. The zero-order valence-corrected chi connectivity index (χ0v) is 18.0. The highest BCUT2D eigenvalue weighted by molar-refractivity contribution is 5.79. The number of hydrogen-bond donors (Lipinski definition) is 1. The van der Waals surface area contributed by atoms with Crippen molar-refractivity contribution in [3.8, 4) is 0 Å². The first-order valence-corrected chi connectivity index (χ1v) is 9.69. The van der Waals surface area contributed by atoms with Gasteiger partial charge in [0.05, 0.1) is 11.4 Å². The summed E-state index contributed by atoms with van der Waals surface area (Å²) >= 11 is 0. The highest BCUT2D eigenvalue weighted by Crippen LogP contribution is 2.23. The minimum absolute atomic E-state index is 0.253. The Kier molecular flexibility index (Phi) is 7.05. The molecule has 0 radical (unpaired) electrons. The second-order valence-electron chi connectivity index (χ2n) is 7.56. The van der Waals surface area contributed by atoms with E-state index in [0.717, 1.165) is 41.8 Å². The fourth-order valence-electron chi connectivity index (χ4n) is 3.47. The van der Waals surface area contributed by atoms with Crippen molar-refractivity contribution < 1.29 is 4.52 Å². The molecule has 7 nitrogen and oxygen atoms in total. The largest absolute Gasteiger partial charge is 0.361 e. The molecule has 0 saturated carbocycles. The maximum Gasteiger partial charge on any atom is 0.193 e. The minimum atomic E-state index is 0.253. The van der Waals surface area contributed by atoms with Crippen molar-refractivity contribution in [2.75, 3.05) is 20.1 Å². The average Bonchev–Trinajstić information content (AvgIpc) is 3.13. The van der Waals surface area contributed by atoms with Gasteiger partial charge >= 0.3 is 0 Å². The van der Waals surface area contributed by atoms with Crippen LogP contribution in [-0.2, 0) is 13.6 Å². The molecule has 1 N–H and O–H groups in total. The van der Waals surface area contributed by atoms with Gasteiger partial charge in [-0.3, -0.25) is 9.67 Å². The molecule has 0 fully saturated rings. The van der Waals surface area contributed by atoms with Crippen LogP contribution in [0.5, 0.6) is 0 Å². The second-order valence-corrected chi connectivity index (χ2v) is 7.56. The maximum absolute atomic E-state index is 5.30. The van der Waals surface area contributed by atoms with Crippen molar-refractivity contribution in [3.05, 3.63) is 34.5 Å². The van der Waals surface area contributed by atoms with Gasteiger partial charge in [0, 0.05) is 57.0 Å². The van der Waals surface area contributed by atoms with Crippen LogP contribution in [0.2, 0.25) is 0 Å². The Morgan fingerprint density at radius 1 is 1.33 bits per heavy atom. The van der Waals surface area contributed by atoms with E-state index in [2.05, 4.69) is 61.4 Å². The van der Waals surface area contributed by atoms with E-state index >= 15 is 0 Å². The molecule has 0 saturated heterocycles. The molecule has 0 bridgehead atoms. The summed E-state index contributed by atoms with van der Waals surface area (Å²) in [5.41, 5.74) is 4.49. The molecule has 0 aliphatic heterocycles. The van der Waals surface area contributed by atoms with E-state index in [4.69, 9.17) is 9.52 Å². The lowest BCUT2D eigenvalue weighted by atomic mass is 10.00. The van der Waals surface area contributed by atoms with Gasteiger partial charge < -0.3 is 14.7 Å². The molecule has 27 heavy (non-hydrogen) atoms. The zero-order valence-electron chi connectivity index (χ0n) is 18.0. The number of guanidine groups is 1. The molecule has 1 atom stereocenters. The van der Waals surface area contributed by atoms with Crippen LogP contribution in [0, 0.1) is 13.8 Å². The fraction of sp³-hybridized carbons (Fsp3) is 0.650. The van der Waals surface area contributed by atoms with Crippen LogP contribution < -0.4 is 5.32 Å². The predicted molar refractivity (Wildman–Crippen MR) is 109 cm³/mol. The first-order valence-electron chi connectivity index (χ1n) is 9.69. The van der Waals surface area contributed by atoms with Gasteiger partial charge in [-0.05, 0) is 26.7 Å². The Hall–Kier alpha value is -2.31. The Labute approximate surface area is 162 Å². The molecule has 1 unspecified atom stereocenters. The predicted octanol–water partition coefficient (Wildman–Crippen LogP) is 3.35. The normalized spacial score (nSPS) is 13.3. The van der Waals surface area contributed by atoms with Crippen LogP contribution in [0.25, 0.3) is 0 Å². The van der Waals surface area contributed by atoms with E-state index in [1.807, 2.05) is 25.6 Å². The summed E-state index contributed by atoms with van der Waals surface area (Å²) < 4.78 is 7.19. The summed E-state index contributed by atoms with van der Waals surface area (Å²) in [6.45, 7) is 14.8. The Morgan fingerprint density at radius 2 is 2.04 bits per heavy atom. The van der Waals surface area contributed by atoms with E-state index in [1.54, 1.807) is 0 Å². The van der Waals surface area contributed by atoms with Crippen LogP contribution in [0.3, 0.4) is 0 Å². The molecular weight excluding hydrogens is 340 g/mol. The minimum Gasteiger partial charge on any atom is -0.361 e. The van der Waals surface area contributed by atoms with E-state index in [-0.39, 0.29) is 5.92 Å². The molecule has 150 valence electrons. The number of nitrogens with one attached hydrogen (secondary N) is 1. The molecule has 2 rings (SSSR count). The molecule has 0 amide bonds. The van der Waals surface area contributed by atoms with Gasteiger partial charge in [0.1, 0.15) is 5.76 Å². The number of aryl methyl sites for hydroxylation is 3. The van der Waals surface area contributed by atoms with Gasteiger partial charge in [0.2, 0.25) is 0 Å². The third-order valence-electron chi connectivity index (χ3n) is 4.68. The molecule has 7 heteroatoms. The lowest BCUT2D eigenvalue weighted by Gasteiger charge is -2.23. The van der Waals surface area contributed by atoms with Crippen molar-refractivity contribution in [1.29, 1.82) is 0 Å². The van der Waals surface area contributed by atoms with Crippen molar-refractivity contribution in [1.82, 2.24) is 25.2 Å². The Balaban J connectivity index is 2.15. The highest BCUT2D eigenvalue weighted by atomic mass is 16.5. The van der Waals surface area contributed by atoms with Gasteiger partial charge in [-0.25, -0.2) is 0 Å². The fourth-order valence-corrected chi connectivity index (χ4v) is 3.47. The lowest BCUT2D eigenvalue weighted by molar-refractivity contribution is 0.391. The topological polar surface area (TPSA) is 71.5 Å². The van der Waals surface area contributed by atoms with Crippen LogP contribution in [0.15, 0.2) is 15.7 Å². The van der Waals surface area contributed by atoms with Gasteiger partial charge in [-0.2, -0.15) is 5.10 Å². The quantitative estimate of drug-likeness (QED) is 0.594. The third-order valence-corrected chi connectivity index (χ3v) is 4.68. The third kappa shape index (κ3) is 5.11. The smallest absolute Gasteiger partial charge is 0.193 e. The standard InChI is InChI=1S/C20H34N6O/c1-9-21-20(22-10-14(4)18-15(5)24-27-16(18)6)25(7)11-17-12-26(8)23-19(17)13(2)3/h12-14H,9-11H2,1-8H3,(H,21,22). The number of aliphatic imine (C=N–C) groups is 1. The molecule has 2 aromatic heterocycles. The summed E-state index contributed by atoms with van der Waals surface area (Å²) in [5.74, 6) is 2.43. The van der Waals surface area contributed by atoms with Gasteiger partial charge in [0.25, 0.3) is 0 Å². The lowest BCUT2D eigenvalue weighted by Crippen LogP contribution is -2.38. The van der Waals surface area contributed by atoms with Crippen LogP contribution in [-0.4, -0.2) is 45.9 Å². The van der Waals surface area contributed by atoms with Crippen molar-refractivity contribution in [2.45, 2.75) is 59.9 Å². The molecule has 2 heterocycles. The first kappa shape index (κ1) is 21.0. The van der Waals surface area contributed by atoms with Gasteiger partial charge in [0.15, 0.2) is 5.96 Å². The summed E-state index contributed by atoms with van der Waals surface area (Å²) in [6.07, 6.45) is 2.10. The van der Waals surface area contributed by atoms with Gasteiger partial charge in [-0.15, -0.1) is 0 Å². The van der Waals surface area contributed by atoms with E-state index in [1.165, 1.54) is 5.56 Å². The molecule has 2 aromatic rings.